The van der Waals surface area contributed by atoms with Crippen molar-refractivity contribution < 1.29 is 9.90 Å². The lowest BCUT2D eigenvalue weighted by atomic mass is 9.84. The molecule has 1 aliphatic heterocycles. The molecule has 4 heterocycles. The van der Waals surface area contributed by atoms with Gasteiger partial charge >= 0.3 is 6.09 Å². The van der Waals surface area contributed by atoms with Crippen molar-refractivity contribution in [2.75, 3.05) is 24.5 Å². The molecule has 0 spiro atoms. The zero-order valence-corrected chi connectivity index (χ0v) is 17.0. The van der Waals surface area contributed by atoms with Crippen molar-refractivity contribution in [1.29, 1.82) is 0 Å². The molecule has 3 aromatic heterocycles. The first-order chi connectivity index (χ1) is 13.1. The zero-order chi connectivity index (χ0) is 20.2. The van der Waals surface area contributed by atoms with E-state index in [4.69, 9.17) is 16.6 Å². The lowest BCUT2D eigenvalue weighted by Crippen LogP contribution is -2.60. The van der Waals surface area contributed by atoms with E-state index >= 15 is 0 Å². The van der Waals surface area contributed by atoms with Crippen LogP contribution in [0.25, 0.3) is 16.7 Å². The summed E-state index contributed by atoms with van der Waals surface area (Å²) in [5, 5.41) is 15.4. The Morgan fingerprint density at radius 1 is 1.29 bits per heavy atom. The number of hydrogen-bond acceptors (Lipinski definition) is 6. The third-order valence-corrected chi connectivity index (χ3v) is 5.30. The van der Waals surface area contributed by atoms with Gasteiger partial charge in [-0.05, 0) is 18.4 Å². The Labute approximate surface area is 167 Å². The maximum atomic E-state index is 11.7. The van der Waals surface area contributed by atoms with Crippen molar-refractivity contribution in [3.05, 3.63) is 23.1 Å². The summed E-state index contributed by atoms with van der Waals surface area (Å²) in [5.41, 5.74) is 0.949. The molecular weight excluding hydrogens is 382 g/mol. The van der Waals surface area contributed by atoms with Crippen LogP contribution < -0.4 is 4.90 Å². The lowest BCUT2D eigenvalue weighted by Gasteiger charge is -2.46. The van der Waals surface area contributed by atoms with E-state index in [2.05, 4.69) is 20.0 Å². The zero-order valence-electron chi connectivity index (χ0n) is 16.2. The van der Waals surface area contributed by atoms with E-state index in [0.717, 1.165) is 5.39 Å². The second-order valence-electron chi connectivity index (χ2n) is 8.13. The molecular formula is C18H22ClN7O2. The highest BCUT2D eigenvalue weighted by Crippen LogP contribution is 2.31. The lowest BCUT2D eigenvalue weighted by molar-refractivity contribution is 0.0744. The average molecular weight is 404 g/mol. The number of fused-ring (bicyclic) bond motifs is 3. The molecule has 0 aromatic carbocycles. The Morgan fingerprint density at radius 2 is 2.04 bits per heavy atom. The van der Waals surface area contributed by atoms with Gasteiger partial charge in [-0.2, -0.15) is 9.50 Å². The molecule has 1 fully saturated rings. The standard InChI is InChI=1S/C18H22ClN7O2/c1-10-21-15-12-7-11(19)8-20-14(12)22-16(26(15)23-10)24-5-6-25(17(27)28)13(9-24)18(2,3)4/h7-8,13H,5-6,9H2,1-4H3,(H,27,28). The van der Waals surface area contributed by atoms with Crippen LogP contribution in [0.2, 0.25) is 5.02 Å². The molecule has 0 radical (unpaired) electrons. The summed E-state index contributed by atoms with van der Waals surface area (Å²) in [6.45, 7) is 9.37. The molecule has 1 atom stereocenters. The number of carbonyl (C=O) groups is 1. The smallest absolute Gasteiger partial charge is 0.407 e. The van der Waals surface area contributed by atoms with E-state index in [0.29, 0.717) is 47.7 Å². The topological polar surface area (TPSA) is 99.8 Å². The SMILES string of the molecule is Cc1nc2c3cc(Cl)cnc3nc(N3CCN(C(=O)O)C(C(C)(C)C)C3)n2n1. The van der Waals surface area contributed by atoms with Crippen molar-refractivity contribution in [1.82, 2.24) is 29.5 Å². The number of hydrogen-bond donors (Lipinski definition) is 1. The van der Waals surface area contributed by atoms with Gasteiger partial charge in [0.1, 0.15) is 5.82 Å². The highest BCUT2D eigenvalue weighted by atomic mass is 35.5. The van der Waals surface area contributed by atoms with Gasteiger partial charge in [-0.3, -0.25) is 0 Å². The number of carboxylic acid groups (broad SMARTS) is 1. The number of halogens is 1. The van der Waals surface area contributed by atoms with Crippen LogP contribution in [0, 0.1) is 12.3 Å². The summed E-state index contributed by atoms with van der Waals surface area (Å²) in [7, 11) is 0. The van der Waals surface area contributed by atoms with Crippen LogP contribution in [0.3, 0.4) is 0 Å². The van der Waals surface area contributed by atoms with Crippen molar-refractivity contribution >= 4 is 40.3 Å². The number of nitrogens with zero attached hydrogens (tertiary/aromatic N) is 7. The normalized spacial score (nSPS) is 18.2. The molecule has 28 heavy (non-hydrogen) atoms. The maximum Gasteiger partial charge on any atom is 0.407 e. The molecule has 10 heteroatoms. The summed E-state index contributed by atoms with van der Waals surface area (Å²) < 4.78 is 1.70. The fourth-order valence-corrected chi connectivity index (χ4v) is 3.85. The van der Waals surface area contributed by atoms with Crippen LogP contribution in [-0.2, 0) is 0 Å². The summed E-state index contributed by atoms with van der Waals surface area (Å²) in [4.78, 5) is 28.9. The van der Waals surface area contributed by atoms with Gasteiger partial charge in [0.25, 0.3) is 0 Å². The van der Waals surface area contributed by atoms with Gasteiger partial charge in [0, 0.05) is 25.8 Å². The number of rotatable bonds is 1. The summed E-state index contributed by atoms with van der Waals surface area (Å²) >= 11 is 6.11. The molecule has 1 saturated heterocycles. The van der Waals surface area contributed by atoms with Gasteiger partial charge in [-0.15, -0.1) is 5.10 Å². The Hall–Kier alpha value is -2.68. The molecule has 1 N–H and O–H groups in total. The number of piperazine rings is 1. The minimum absolute atomic E-state index is 0.186. The molecule has 9 nitrogen and oxygen atoms in total. The molecule has 1 aliphatic rings. The summed E-state index contributed by atoms with van der Waals surface area (Å²) in [6, 6.07) is 1.60. The monoisotopic (exact) mass is 403 g/mol. The summed E-state index contributed by atoms with van der Waals surface area (Å²) in [6.07, 6.45) is 0.657. The fraction of sp³-hybridized carbons (Fsp3) is 0.500. The minimum Gasteiger partial charge on any atom is -0.465 e. The fourth-order valence-electron chi connectivity index (χ4n) is 3.70. The first-order valence-electron chi connectivity index (χ1n) is 9.08. The Kier molecular flexibility index (Phi) is 4.29. The van der Waals surface area contributed by atoms with Gasteiger partial charge in [0.2, 0.25) is 5.95 Å². The molecule has 0 saturated carbocycles. The van der Waals surface area contributed by atoms with Crippen LogP contribution in [0.4, 0.5) is 10.7 Å². The molecule has 0 bridgehead atoms. The van der Waals surface area contributed by atoms with Crippen LogP contribution >= 0.6 is 11.6 Å². The Bertz CT molecular complexity index is 1080. The van der Waals surface area contributed by atoms with Gasteiger partial charge in [0.15, 0.2) is 11.3 Å². The minimum atomic E-state index is -0.899. The quantitative estimate of drug-likeness (QED) is 0.666. The van der Waals surface area contributed by atoms with Gasteiger partial charge in [-0.25, -0.2) is 14.8 Å². The highest BCUT2D eigenvalue weighted by Gasteiger charge is 2.39. The second kappa shape index (κ2) is 6.44. The molecule has 1 unspecified atom stereocenters. The van der Waals surface area contributed by atoms with Crippen LogP contribution in [-0.4, -0.2) is 66.3 Å². The largest absolute Gasteiger partial charge is 0.465 e. The predicted octanol–water partition coefficient (Wildman–Crippen LogP) is 2.85. The highest BCUT2D eigenvalue weighted by molar-refractivity contribution is 6.31. The van der Waals surface area contributed by atoms with Crippen molar-refractivity contribution in [2.45, 2.75) is 33.7 Å². The molecule has 3 aromatic rings. The van der Waals surface area contributed by atoms with E-state index in [9.17, 15) is 9.90 Å². The van der Waals surface area contributed by atoms with Crippen LogP contribution in [0.5, 0.6) is 0 Å². The third kappa shape index (κ3) is 3.09. The van der Waals surface area contributed by atoms with E-state index in [1.165, 1.54) is 4.90 Å². The maximum absolute atomic E-state index is 11.7. The molecule has 148 valence electrons. The first-order valence-corrected chi connectivity index (χ1v) is 9.46. The number of aromatic nitrogens is 5. The van der Waals surface area contributed by atoms with Crippen molar-refractivity contribution in [3.8, 4) is 0 Å². The van der Waals surface area contributed by atoms with Gasteiger partial charge in [0.05, 0.1) is 16.5 Å². The van der Waals surface area contributed by atoms with E-state index < -0.39 is 6.09 Å². The predicted molar refractivity (Wildman–Crippen MR) is 106 cm³/mol. The third-order valence-electron chi connectivity index (χ3n) is 5.09. The number of pyridine rings is 1. The number of amides is 1. The Morgan fingerprint density at radius 3 is 2.71 bits per heavy atom. The second-order valence-corrected chi connectivity index (χ2v) is 8.57. The molecule has 4 rings (SSSR count). The van der Waals surface area contributed by atoms with E-state index in [-0.39, 0.29) is 11.5 Å². The molecule has 0 aliphatic carbocycles. The van der Waals surface area contributed by atoms with E-state index in [1.807, 2.05) is 27.7 Å². The van der Waals surface area contributed by atoms with Gasteiger partial charge < -0.3 is 14.9 Å². The van der Waals surface area contributed by atoms with Crippen LogP contribution in [0.1, 0.15) is 26.6 Å². The van der Waals surface area contributed by atoms with Crippen LogP contribution in [0.15, 0.2) is 12.3 Å². The van der Waals surface area contributed by atoms with Crippen molar-refractivity contribution in [3.63, 3.8) is 0 Å². The first kappa shape index (κ1) is 18.7. The Balaban J connectivity index is 1.84. The summed E-state index contributed by atoms with van der Waals surface area (Å²) in [5.74, 6) is 1.23. The average Bonchev–Trinajstić information content (AvgIpc) is 3.01. The van der Waals surface area contributed by atoms with Crippen molar-refractivity contribution in [2.24, 2.45) is 5.41 Å². The number of aryl methyl sites for hydroxylation is 1. The molecule has 1 amide bonds. The van der Waals surface area contributed by atoms with Gasteiger partial charge in [-0.1, -0.05) is 32.4 Å². The number of anilines is 1. The van der Waals surface area contributed by atoms with E-state index in [1.54, 1.807) is 16.8 Å².